The first-order chi connectivity index (χ1) is 16.7. The van der Waals surface area contributed by atoms with E-state index < -0.39 is 29.1 Å². The number of hydrogen-bond acceptors (Lipinski definition) is 6. The van der Waals surface area contributed by atoms with Crippen LogP contribution in [0.1, 0.15) is 21.5 Å². The van der Waals surface area contributed by atoms with E-state index in [9.17, 15) is 22.4 Å². The molecule has 3 aromatic heterocycles. The Kier molecular flexibility index (Phi) is 5.39. The maximum Gasteiger partial charge on any atom is 0.417 e. The second-order valence-corrected chi connectivity index (χ2v) is 7.68. The molecule has 0 radical (unpaired) electrons. The van der Waals surface area contributed by atoms with E-state index in [-0.39, 0.29) is 23.4 Å². The van der Waals surface area contributed by atoms with Crippen molar-refractivity contribution in [3.8, 4) is 11.3 Å². The number of hydrogen-bond donors (Lipinski definition) is 0. The Hall–Kier alpha value is -4.41. The van der Waals surface area contributed by atoms with Gasteiger partial charge >= 0.3 is 12.1 Å². The molecule has 0 fully saturated rings. The maximum absolute atomic E-state index is 14.7. The van der Waals surface area contributed by atoms with Gasteiger partial charge in [0.15, 0.2) is 5.65 Å². The van der Waals surface area contributed by atoms with Crippen molar-refractivity contribution in [2.24, 2.45) is 0 Å². The SMILES string of the molecule is COC(=O)c1ccc(-c2ccc3nnn(Cc4cc5cccnc5cc4F)c3n2)cc1C(F)(F)F. The maximum atomic E-state index is 14.7. The highest BCUT2D eigenvalue weighted by Gasteiger charge is 2.36. The highest BCUT2D eigenvalue weighted by atomic mass is 19.4. The van der Waals surface area contributed by atoms with Gasteiger partial charge in [-0.1, -0.05) is 17.3 Å². The minimum Gasteiger partial charge on any atom is -0.465 e. The van der Waals surface area contributed by atoms with Crippen molar-refractivity contribution in [1.82, 2.24) is 25.0 Å². The van der Waals surface area contributed by atoms with Gasteiger partial charge in [0.2, 0.25) is 0 Å². The molecule has 0 amide bonds. The third kappa shape index (κ3) is 4.16. The van der Waals surface area contributed by atoms with Gasteiger partial charge in [-0.25, -0.2) is 18.9 Å². The highest BCUT2D eigenvalue weighted by molar-refractivity contribution is 5.92. The number of esters is 1. The van der Waals surface area contributed by atoms with Gasteiger partial charge in [-0.2, -0.15) is 13.2 Å². The number of halogens is 4. The van der Waals surface area contributed by atoms with E-state index in [1.54, 1.807) is 30.5 Å². The quantitative estimate of drug-likeness (QED) is 0.264. The summed E-state index contributed by atoms with van der Waals surface area (Å²) in [5.41, 5.74) is 0.0752. The Bertz CT molecular complexity index is 1600. The highest BCUT2D eigenvalue weighted by Crippen LogP contribution is 2.35. The van der Waals surface area contributed by atoms with Crippen molar-refractivity contribution in [3.05, 3.63) is 83.3 Å². The van der Waals surface area contributed by atoms with Crippen LogP contribution in [0.5, 0.6) is 0 Å². The van der Waals surface area contributed by atoms with Crippen LogP contribution < -0.4 is 0 Å². The van der Waals surface area contributed by atoms with Gasteiger partial charge in [0.25, 0.3) is 0 Å². The molecular formula is C24H15F4N5O2. The van der Waals surface area contributed by atoms with Gasteiger partial charge in [-0.3, -0.25) is 4.98 Å². The van der Waals surface area contributed by atoms with Crippen molar-refractivity contribution in [2.75, 3.05) is 7.11 Å². The molecule has 0 bridgehead atoms. The summed E-state index contributed by atoms with van der Waals surface area (Å²) in [6.07, 6.45) is -3.21. The molecule has 5 aromatic rings. The summed E-state index contributed by atoms with van der Waals surface area (Å²) < 4.78 is 61.3. The van der Waals surface area contributed by atoms with E-state index in [0.717, 1.165) is 24.6 Å². The molecule has 176 valence electrons. The van der Waals surface area contributed by atoms with Crippen LogP contribution in [0.3, 0.4) is 0 Å². The van der Waals surface area contributed by atoms with E-state index in [0.29, 0.717) is 16.6 Å². The number of rotatable bonds is 4. The minimum absolute atomic E-state index is 0.00129. The van der Waals surface area contributed by atoms with Gasteiger partial charge < -0.3 is 4.74 Å². The van der Waals surface area contributed by atoms with Crippen molar-refractivity contribution < 1.29 is 27.1 Å². The lowest BCUT2D eigenvalue weighted by molar-refractivity contribution is -0.138. The molecule has 0 aliphatic heterocycles. The van der Waals surface area contributed by atoms with Crippen LogP contribution in [0.15, 0.2) is 60.8 Å². The summed E-state index contributed by atoms with van der Waals surface area (Å²) in [6.45, 7) is -0.00129. The molecule has 0 aliphatic rings. The van der Waals surface area contributed by atoms with Crippen LogP contribution in [0.2, 0.25) is 0 Å². The Balaban J connectivity index is 1.56. The molecular weight excluding hydrogens is 466 g/mol. The first kappa shape index (κ1) is 22.4. The standard InChI is InChI=1S/C24H15F4N5O2/c1-35-23(34)16-5-4-14(10-17(16)24(26,27)28)19-6-7-20-22(30-19)33(32-31-20)12-15-9-13-3-2-8-29-21(13)11-18(15)25/h2-11H,12H2,1H3. The van der Waals surface area contributed by atoms with Gasteiger partial charge in [0, 0.05) is 28.8 Å². The number of nitrogens with zero attached hydrogens (tertiary/aromatic N) is 5. The minimum atomic E-state index is -4.78. The molecule has 3 heterocycles. The zero-order valence-electron chi connectivity index (χ0n) is 18.0. The fourth-order valence-corrected chi connectivity index (χ4v) is 3.77. The number of pyridine rings is 2. The molecule has 0 atom stereocenters. The summed E-state index contributed by atoms with van der Waals surface area (Å²) >= 11 is 0. The smallest absolute Gasteiger partial charge is 0.417 e. The molecule has 0 aliphatic carbocycles. The fourth-order valence-electron chi connectivity index (χ4n) is 3.77. The number of benzene rings is 2. The second-order valence-electron chi connectivity index (χ2n) is 7.68. The molecule has 7 nitrogen and oxygen atoms in total. The van der Waals surface area contributed by atoms with Crippen LogP contribution in [-0.4, -0.2) is 38.0 Å². The molecule has 0 saturated carbocycles. The summed E-state index contributed by atoms with van der Waals surface area (Å²) in [5, 5.41) is 8.80. The van der Waals surface area contributed by atoms with E-state index in [4.69, 9.17) is 0 Å². The number of fused-ring (bicyclic) bond motifs is 2. The predicted octanol–water partition coefficient (Wildman–Crippen LogP) is 5.03. The molecule has 2 aromatic carbocycles. The third-order valence-corrected chi connectivity index (χ3v) is 5.48. The Morgan fingerprint density at radius 2 is 1.89 bits per heavy atom. The molecule has 0 spiro atoms. The lowest BCUT2D eigenvalue weighted by Crippen LogP contribution is -2.14. The van der Waals surface area contributed by atoms with Gasteiger partial charge in [0.05, 0.1) is 36.0 Å². The van der Waals surface area contributed by atoms with Crippen LogP contribution in [0.25, 0.3) is 33.3 Å². The lowest BCUT2D eigenvalue weighted by Gasteiger charge is -2.13. The Morgan fingerprint density at radius 1 is 1.06 bits per heavy atom. The van der Waals surface area contributed by atoms with Crippen molar-refractivity contribution in [1.29, 1.82) is 0 Å². The van der Waals surface area contributed by atoms with Crippen molar-refractivity contribution in [3.63, 3.8) is 0 Å². The topological polar surface area (TPSA) is 82.8 Å². The number of carbonyl (C=O) groups is 1. The van der Waals surface area contributed by atoms with E-state index in [1.165, 1.54) is 22.9 Å². The molecule has 0 saturated heterocycles. The van der Waals surface area contributed by atoms with Gasteiger partial charge in [-0.15, -0.1) is 5.10 Å². The molecule has 35 heavy (non-hydrogen) atoms. The molecule has 11 heteroatoms. The molecule has 0 N–H and O–H groups in total. The van der Waals surface area contributed by atoms with Crippen molar-refractivity contribution in [2.45, 2.75) is 12.7 Å². The summed E-state index contributed by atoms with van der Waals surface area (Å²) in [7, 11) is 1.01. The summed E-state index contributed by atoms with van der Waals surface area (Å²) in [4.78, 5) is 20.4. The fraction of sp³-hybridized carbons (Fsp3) is 0.125. The third-order valence-electron chi connectivity index (χ3n) is 5.48. The zero-order valence-corrected chi connectivity index (χ0v) is 18.0. The van der Waals surface area contributed by atoms with Crippen LogP contribution in [0.4, 0.5) is 17.6 Å². The Morgan fingerprint density at radius 3 is 2.66 bits per heavy atom. The van der Waals surface area contributed by atoms with Gasteiger partial charge in [-0.05, 0) is 36.4 Å². The monoisotopic (exact) mass is 481 g/mol. The zero-order chi connectivity index (χ0) is 24.7. The normalized spacial score (nSPS) is 11.8. The second kappa shape index (κ2) is 8.42. The number of carbonyl (C=O) groups excluding carboxylic acids is 1. The van der Waals surface area contributed by atoms with Gasteiger partial charge in [0.1, 0.15) is 11.3 Å². The van der Waals surface area contributed by atoms with Crippen LogP contribution in [0, 0.1) is 5.82 Å². The van der Waals surface area contributed by atoms with E-state index >= 15 is 0 Å². The van der Waals surface area contributed by atoms with Crippen LogP contribution in [-0.2, 0) is 17.5 Å². The molecule has 0 unspecified atom stereocenters. The van der Waals surface area contributed by atoms with E-state index in [2.05, 4.69) is 25.0 Å². The predicted molar refractivity (Wildman–Crippen MR) is 118 cm³/mol. The lowest BCUT2D eigenvalue weighted by atomic mass is 10.0. The van der Waals surface area contributed by atoms with E-state index in [1.807, 2.05) is 0 Å². The summed E-state index contributed by atoms with van der Waals surface area (Å²) in [6, 6.07) is 12.8. The molecule has 5 rings (SSSR count). The number of alkyl halides is 3. The average Bonchev–Trinajstić information content (AvgIpc) is 3.25. The largest absolute Gasteiger partial charge is 0.465 e. The van der Waals surface area contributed by atoms with Crippen molar-refractivity contribution >= 4 is 28.0 Å². The number of ether oxygens (including phenoxy) is 1. The summed E-state index contributed by atoms with van der Waals surface area (Å²) in [5.74, 6) is -1.58. The van der Waals surface area contributed by atoms with Crippen LogP contribution >= 0.6 is 0 Å². The first-order valence-electron chi connectivity index (χ1n) is 10.3. The number of aromatic nitrogens is 5. The number of methoxy groups -OCH3 is 1. The average molecular weight is 481 g/mol. The Labute approximate surface area is 195 Å². The first-order valence-corrected chi connectivity index (χ1v) is 10.3.